The molecule has 2 aromatic rings. The van der Waals surface area contributed by atoms with Gasteiger partial charge in [-0.3, -0.25) is 0 Å². The molecule has 0 spiro atoms. The van der Waals surface area contributed by atoms with Crippen molar-refractivity contribution in [2.24, 2.45) is 0 Å². The van der Waals surface area contributed by atoms with Crippen molar-refractivity contribution in [1.29, 1.82) is 0 Å². The summed E-state index contributed by atoms with van der Waals surface area (Å²) in [5.74, 6) is -0.669. The summed E-state index contributed by atoms with van der Waals surface area (Å²) >= 11 is 1.77. The predicted octanol–water partition coefficient (Wildman–Crippen LogP) is 5.83. The summed E-state index contributed by atoms with van der Waals surface area (Å²) in [4.78, 5) is 25.7. The van der Waals surface area contributed by atoms with E-state index >= 15 is 0 Å². The topological polar surface area (TPSA) is 88.1 Å². The van der Waals surface area contributed by atoms with Crippen LogP contribution in [0.2, 0.25) is 0 Å². The van der Waals surface area contributed by atoms with E-state index in [4.69, 9.17) is 9.47 Å². The van der Waals surface area contributed by atoms with Crippen molar-refractivity contribution in [2.45, 2.75) is 45.6 Å². The SMILES string of the molecule is CCCCCSCCN(CCOc1ccc(CC(OCC)C(=O)O)cc1)C(=O)Nc1ccc(F)c(F)c1. The summed E-state index contributed by atoms with van der Waals surface area (Å²) in [6.45, 7) is 5.20. The zero-order valence-corrected chi connectivity index (χ0v) is 22.2. The van der Waals surface area contributed by atoms with Gasteiger partial charge in [0, 0.05) is 37.1 Å². The number of unbranched alkanes of at least 4 members (excludes halogenated alkanes) is 2. The molecule has 1 atom stereocenters. The van der Waals surface area contributed by atoms with E-state index in [1.807, 2.05) is 0 Å². The second-order valence-electron chi connectivity index (χ2n) is 8.34. The smallest absolute Gasteiger partial charge is 0.333 e. The molecule has 204 valence electrons. The zero-order chi connectivity index (χ0) is 27.0. The summed E-state index contributed by atoms with van der Waals surface area (Å²) in [6.07, 6.45) is 2.78. The first-order valence-corrected chi connectivity index (χ1v) is 13.6. The molecule has 2 N–H and O–H groups in total. The maximum Gasteiger partial charge on any atom is 0.333 e. The van der Waals surface area contributed by atoms with Gasteiger partial charge in [-0.2, -0.15) is 11.8 Å². The third-order valence-corrected chi connectivity index (χ3v) is 6.52. The number of anilines is 1. The van der Waals surface area contributed by atoms with Gasteiger partial charge in [-0.15, -0.1) is 0 Å². The van der Waals surface area contributed by atoms with Gasteiger partial charge in [0.25, 0.3) is 0 Å². The monoisotopic (exact) mass is 538 g/mol. The van der Waals surface area contributed by atoms with E-state index in [1.54, 1.807) is 47.9 Å². The minimum atomic E-state index is -1.03. The molecular formula is C27H36F2N2O5S. The molecule has 10 heteroatoms. The molecular weight excluding hydrogens is 502 g/mol. The lowest BCUT2D eigenvalue weighted by atomic mass is 10.1. The van der Waals surface area contributed by atoms with E-state index in [0.717, 1.165) is 42.0 Å². The number of ether oxygens (including phenoxy) is 2. The first-order valence-electron chi connectivity index (χ1n) is 12.5. The number of carboxylic acids is 1. The molecule has 2 aromatic carbocycles. The number of thioether (sulfide) groups is 1. The van der Waals surface area contributed by atoms with Crippen LogP contribution in [0.3, 0.4) is 0 Å². The summed E-state index contributed by atoms with van der Waals surface area (Å²) < 4.78 is 37.8. The number of nitrogens with one attached hydrogen (secondary N) is 1. The number of hydrogen-bond acceptors (Lipinski definition) is 5. The highest BCUT2D eigenvalue weighted by Gasteiger charge is 2.18. The number of benzene rings is 2. The zero-order valence-electron chi connectivity index (χ0n) is 21.4. The third kappa shape index (κ3) is 11.4. The molecule has 7 nitrogen and oxygen atoms in total. The van der Waals surface area contributed by atoms with Crippen molar-refractivity contribution in [3.63, 3.8) is 0 Å². The minimum absolute atomic E-state index is 0.174. The van der Waals surface area contributed by atoms with Crippen LogP contribution in [-0.2, 0) is 16.0 Å². The van der Waals surface area contributed by atoms with Crippen LogP contribution >= 0.6 is 11.8 Å². The maximum absolute atomic E-state index is 13.5. The van der Waals surface area contributed by atoms with Crippen LogP contribution in [0.15, 0.2) is 42.5 Å². The molecule has 0 aliphatic heterocycles. The minimum Gasteiger partial charge on any atom is -0.492 e. The fourth-order valence-electron chi connectivity index (χ4n) is 3.45. The number of rotatable bonds is 17. The number of carbonyl (C=O) groups excluding carboxylic acids is 1. The lowest BCUT2D eigenvalue weighted by Crippen LogP contribution is -2.39. The Labute approximate surface area is 221 Å². The lowest BCUT2D eigenvalue weighted by Gasteiger charge is -2.23. The Hall–Kier alpha value is -2.85. The van der Waals surface area contributed by atoms with Crippen LogP contribution in [0.1, 0.15) is 38.7 Å². The standard InChI is InChI=1S/C27H36F2N2O5S/c1-3-5-6-16-37-17-14-31(27(34)30-21-9-12-23(28)24(29)19-21)13-15-36-22-10-7-20(8-11-22)18-25(26(32)33)35-4-2/h7-12,19,25H,3-6,13-18H2,1-2H3,(H,30,34)(H,32,33). The lowest BCUT2D eigenvalue weighted by molar-refractivity contribution is -0.149. The van der Waals surface area contributed by atoms with Crippen molar-refractivity contribution < 1.29 is 33.0 Å². The van der Waals surface area contributed by atoms with E-state index in [-0.39, 0.29) is 25.3 Å². The number of nitrogens with zero attached hydrogens (tertiary/aromatic N) is 1. The van der Waals surface area contributed by atoms with Crippen LogP contribution in [0.5, 0.6) is 5.75 Å². The fourth-order valence-corrected chi connectivity index (χ4v) is 4.41. The maximum atomic E-state index is 13.5. The number of halogens is 2. The van der Waals surface area contributed by atoms with Gasteiger partial charge in [0.2, 0.25) is 0 Å². The fraction of sp³-hybridized carbons (Fsp3) is 0.481. The van der Waals surface area contributed by atoms with Gasteiger partial charge in [-0.25, -0.2) is 18.4 Å². The average Bonchev–Trinajstić information content (AvgIpc) is 2.87. The van der Waals surface area contributed by atoms with Crippen LogP contribution in [-0.4, -0.2) is 65.9 Å². The van der Waals surface area contributed by atoms with Gasteiger partial charge in [-0.05, 0) is 48.9 Å². The third-order valence-electron chi connectivity index (χ3n) is 5.47. The number of carboxylic acid groups (broad SMARTS) is 1. The first kappa shape index (κ1) is 30.4. The quantitative estimate of drug-likeness (QED) is 0.246. The molecule has 0 saturated carbocycles. The Morgan fingerprint density at radius 2 is 1.78 bits per heavy atom. The molecule has 0 heterocycles. The van der Waals surface area contributed by atoms with Crippen molar-refractivity contribution in [3.05, 3.63) is 59.7 Å². The Morgan fingerprint density at radius 3 is 2.43 bits per heavy atom. The predicted molar refractivity (Wildman–Crippen MR) is 142 cm³/mol. The van der Waals surface area contributed by atoms with Crippen LogP contribution < -0.4 is 10.1 Å². The van der Waals surface area contributed by atoms with E-state index in [2.05, 4.69) is 12.2 Å². The summed E-state index contributed by atoms with van der Waals surface area (Å²) in [7, 11) is 0. The van der Waals surface area contributed by atoms with Crippen LogP contribution in [0.25, 0.3) is 0 Å². The molecule has 0 fully saturated rings. The molecule has 2 rings (SSSR count). The second kappa shape index (κ2) is 16.8. The Bertz CT molecular complexity index is 978. The average molecular weight is 539 g/mol. The van der Waals surface area contributed by atoms with Crippen LogP contribution in [0, 0.1) is 11.6 Å². The van der Waals surface area contributed by atoms with Crippen molar-refractivity contribution >= 4 is 29.4 Å². The molecule has 0 saturated heterocycles. The number of urea groups is 1. The Balaban J connectivity index is 1.92. The molecule has 0 bridgehead atoms. The van der Waals surface area contributed by atoms with E-state index in [1.165, 1.54) is 12.5 Å². The molecule has 37 heavy (non-hydrogen) atoms. The Morgan fingerprint density at radius 1 is 1.03 bits per heavy atom. The number of amides is 2. The highest BCUT2D eigenvalue weighted by molar-refractivity contribution is 7.99. The second-order valence-corrected chi connectivity index (χ2v) is 9.57. The normalized spacial score (nSPS) is 11.7. The number of carbonyl (C=O) groups is 2. The van der Waals surface area contributed by atoms with Gasteiger partial charge in [0.15, 0.2) is 17.7 Å². The van der Waals surface area contributed by atoms with E-state index < -0.39 is 29.7 Å². The summed E-state index contributed by atoms with van der Waals surface area (Å²) in [5.41, 5.74) is 0.980. The molecule has 0 aromatic heterocycles. The van der Waals surface area contributed by atoms with Crippen molar-refractivity contribution in [3.8, 4) is 5.75 Å². The summed E-state index contributed by atoms with van der Waals surface area (Å²) in [5, 5.41) is 11.9. The number of aliphatic carboxylic acids is 1. The summed E-state index contributed by atoms with van der Waals surface area (Å²) in [6, 6.07) is 9.87. The first-order chi connectivity index (χ1) is 17.8. The highest BCUT2D eigenvalue weighted by atomic mass is 32.2. The highest BCUT2D eigenvalue weighted by Crippen LogP contribution is 2.16. The molecule has 0 aliphatic rings. The van der Waals surface area contributed by atoms with Crippen molar-refractivity contribution in [1.82, 2.24) is 4.90 Å². The molecule has 1 unspecified atom stereocenters. The molecule has 0 radical (unpaired) electrons. The van der Waals surface area contributed by atoms with E-state index in [0.29, 0.717) is 18.9 Å². The number of hydrogen-bond donors (Lipinski definition) is 2. The largest absolute Gasteiger partial charge is 0.492 e. The van der Waals surface area contributed by atoms with Gasteiger partial charge >= 0.3 is 12.0 Å². The Kier molecular flexibility index (Phi) is 13.8. The van der Waals surface area contributed by atoms with Gasteiger partial charge < -0.3 is 24.8 Å². The van der Waals surface area contributed by atoms with E-state index in [9.17, 15) is 23.5 Å². The molecule has 2 amide bonds. The van der Waals surface area contributed by atoms with Gasteiger partial charge in [-0.1, -0.05) is 31.9 Å². The van der Waals surface area contributed by atoms with Gasteiger partial charge in [0.05, 0.1) is 6.54 Å². The van der Waals surface area contributed by atoms with Gasteiger partial charge in [0.1, 0.15) is 12.4 Å². The molecule has 0 aliphatic carbocycles. The van der Waals surface area contributed by atoms with Crippen LogP contribution in [0.4, 0.5) is 19.3 Å². The van der Waals surface area contributed by atoms with Crippen molar-refractivity contribution in [2.75, 3.05) is 43.1 Å².